The highest BCUT2D eigenvalue weighted by molar-refractivity contribution is 7.79. The minimum absolute atomic E-state index is 0. The summed E-state index contributed by atoms with van der Waals surface area (Å²) >= 11 is 0. The van der Waals surface area contributed by atoms with Crippen LogP contribution in [-0.2, 0) is 15.2 Å². The molecule has 12 N–H and O–H groups in total. The number of hydrogen-bond donors (Lipinski definition) is 6. The van der Waals surface area contributed by atoms with E-state index in [1.54, 1.807) is 0 Å². The third-order valence-corrected chi connectivity index (χ3v) is 0. The van der Waals surface area contributed by atoms with Crippen molar-refractivity contribution in [1.82, 2.24) is 18.5 Å². The number of hydrogen-bond acceptors (Lipinski definition) is 6. The van der Waals surface area contributed by atoms with Crippen LogP contribution in [0.4, 0.5) is 0 Å². The molecule has 0 aliphatic rings. The lowest BCUT2D eigenvalue weighted by molar-refractivity contribution is -0.134. The van der Waals surface area contributed by atoms with E-state index in [1.807, 2.05) is 0 Å². The van der Waals surface area contributed by atoms with Gasteiger partial charge in [0.1, 0.15) is 0 Å². The monoisotopic (exact) mass is 209 g/mol. The van der Waals surface area contributed by atoms with Gasteiger partial charge in [0.25, 0.3) is 5.97 Å². The van der Waals surface area contributed by atoms with Crippen molar-refractivity contribution in [3.8, 4) is 0 Å². The lowest BCUT2D eigenvalue weighted by Gasteiger charge is -1.68. The van der Waals surface area contributed by atoms with Crippen LogP contribution in [0.2, 0.25) is 0 Å². The van der Waals surface area contributed by atoms with Crippen LogP contribution >= 0.6 is 0 Å². The van der Waals surface area contributed by atoms with Gasteiger partial charge in [-0.25, -0.2) is 0 Å². The Hall–Kier alpha value is -0.780. The van der Waals surface area contributed by atoms with Crippen molar-refractivity contribution in [2.24, 2.45) is 0 Å². The Morgan fingerprint density at radius 3 is 1.08 bits per heavy atom. The maximum atomic E-state index is 9.00. The molecule has 0 fully saturated rings. The van der Waals surface area contributed by atoms with Gasteiger partial charge in [0.05, 0.1) is 0 Å². The van der Waals surface area contributed by atoms with Crippen LogP contribution in [-0.4, -0.2) is 28.6 Å². The Balaban J connectivity index is -0.0000000221. The summed E-state index contributed by atoms with van der Waals surface area (Å²) in [4.78, 5) is 9.00. The van der Waals surface area contributed by atoms with Crippen LogP contribution in [0.3, 0.4) is 0 Å². The van der Waals surface area contributed by atoms with Crippen molar-refractivity contribution >= 4 is 16.4 Å². The number of aliphatic carboxylic acids is 1. The molecule has 0 saturated heterocycles. The topological polar surface area (TPSA) is 217 Å². The molecule has 0 spiro atoms. The smallest absolute Gasteiger partial charge is 0.394 e. The molecular formula is C2H15N3O6S. The normalized spacial score (nSPS) is 6.92. The average molecular weight is 209 g/mol. The molecule has 0 aromatic carbocycles. The van der Waals surface area contributed by atoms with Crippen LogP contribution in [0.25, 0.3) is 0 Å². The van der Waals surface area contributed by atoms with E-state index in [0.717, 1.165) is 6.92 Å². The fourth-order valence-corrected chi connectivity index (χ4v) is 0. The average Bonchev–Trinajstić information content (AvgIpc) is 1.19. The maximum Gasteiger partial charge on any atom is 0.394 e. The van der Waals surface area contributed by atoms with Gasteiger partial charge in [-0.2, -0.15) is 8.42 Å². The highest BCUT2D eigenvalue weighted by atomic mass is 32.3. The lowest BCUT2D eigenvalue weighted by Crippen LogP contribution is -1.89. The molecule has 0 aliphatic heterocycles. The summed E-state index contributed by atoms with van der Waals surface area (Å²) in [6, 6.07) is 0. The second-order valence-corrected chi connectivity index (χ2v) is 1.86. The molecule has 12 heavy (non-hydrogen) atoms. The minimum Gasteiger partial charge on any atom is -0.481 e. The molecule has 0 rings (SSSR count). The Morgan fingerprint density at radius 2 is 1.08 bits per heavy atom. The molecule has 0 aliphatic carbocycles. The van der Waals surface area contributed by atoms with Gasteiger partial charge in [0.2, 0.25) is 0 Å². The van der Waals surface area contributed by atoms with Crippen molar-refractivity contribution in [3.63, 3.8) is 0 Å². The first kappa shape index (κ1) is 30.3. The van der Waals surface area contributed by atoms with Gasteiger partial charge in [0, 0.05) is 6.92 Å². The summed E-state index contributed by atoms with van der Waals surface area (Å²) in [5.41, 5.74) is 0. The molecule has 10 heteroatoms. The van der Waals surface area contributed by atoms with Crippen LogP contribution in [0.15, 0.2) is 0 Å². The summed E-state index contributed by atoms with van der Waals surface area (Å²) in [6.45, 7) is 1.08. The van der Waals surface area contributed by atoms with Crippen LogP contribution in [0.1, 0.15) is 6.92 Å². The molecule has 0 radical (unpaired) electrons. The van der Waals surface area contributed by atoms with Gasteiger partial charge in [-0.15, -0.1) is 0 Å². The van der Waals surface area contributed by atoms with Crippen molar-refractivity contribution in [1.29, 1.82) is 0 Å². The molecule has 80 valence electrons. The fourth-order valence-electron chi connectivity index (χ4n) is 0. The zero-order chi connectivity index (χ0) is 8.08. The second-order valence-electron chi connectivity index (χ2n) is 0.967. The van der Waals surface area contributed by atoms with E-state index >= 15 is 0 Å². The van der Waals surface area contributed by atoms with Crippen LogP contribution in [0, 0.1) is 0 Å². The SMILES string of the molecule is CC(=O)O.N.N.N.O=S(=O)(O)O. The molecule has 0 unspecified atom stereocenters. The number of rotatable bonds is 0. The van der Waals surface area contributed by atoms with Gasteiger partial charge in [-0.1, -0.05) is 0 Å². The molecule has 0 saturated carbocycles. The number of carboxylic acid groups (broad SMARTS) is 1. The van der Waals surface area contributed by atoms with Crippen molar-refractivity contribution in [3.05, 3.63) is 0 Å². The zero-order valence-corrected chi connectivity index (χ0v) is 7.41. The van der Waals surface area contributed by atoms with Crippen LogP contribution in [0.5, 0.6) is 0 Å². The molecule has 0 aromatic heterocycles. The molecule has 0 atom stereocenters. The third-order valence-electron chi connectivity index (χ3n) is 0. The van der Waals surface area contributed by atoms with E-state index in [-0.39, 0.29) is 18.5 Å². The van der Waals surface area contributed by atoms with Gasteiger partial charge < -0.3 is 23.6 Å². The van der Waals surface area contributed by atoms with E-state index < -0.39 is 16.4 Å². The second kappa shape index (κ2) is 12.9. The van der Waals surface area contributed by atoms with Gasteiger partial charge >= 0.3 is 10.4 Å². The predicted octanol–water partition coefficient (Wildman–Crippen LogP) is -0.0759. The van der Waals surface area contributed by atoms with Crippen LogP contribution < -0.4 is 18.5 Å². The number of carboxylic acids is 1. The summed E-state index contributed by atoms with van der Waals surface area (Å²) in [7, 11) is -4.67. The molecule has 0 bridgehead atoms. The first-order chi connectivity index (χ1) is 3.73. The summed E-state index contributed by atoms with van der Waals surface area (Å²) in [5, 5.41) is 7.42. The Morgan fingerprint density at radius 1 is 1.08 bits per heavy atom. The van der Waals surface area contributed by atoms with E-state index in [2.05, 4.69) is 0 Å². The van der Waals surface area contributed by atoms with Crippen molar-refractivity contribution in [2.45, 2.75) is 6.92 Å². The highest BCUT2D eigenvalue weighted by Crippen LogP contribution is 1.59. The van der Waals surface area contributed by atoms with E-state index in [0.29, 0.717) is 0 Å². The van der Waals surface area contributed by atoms with E-state index in [4.69, 9.17) is 27.4 Å². The maximum absolute atomic E-state index is 9.00. The predicted molar refractivity (Wildman–Crippen MR) is 42.6 cm³/mol. The summed E-state index contributed by atoms with van der Waals surface area (Å²) < 4.78 is 31.6. The first-order valence-electron chi connectivity index (χ1n) is 1.63. The molecule has 0 amide bonds. The zero-order valence-electron chi connectivity index (χ0n) is 6.60. The summed E-state index contributed by atoms with van der Waals surface area (Å²) in [6.07, 6.45) is 0. The minimum atomic E-state index is -4.67. The first-order valence-corrected chi connectivity index (χ1v) is 3.02. The molecule has 0 aromatic rings. The van der Waals surface area contributed by atoms with Crippen molar-refractivity contribution in [2.75, 3.05) is 0 Å². The Bertz CT molecular complexity index is 163. The van der Waals surface area contributed by atoms with Gasteiger partial charge in [0.15, 0.2) is 0 Å². The fraction of sp³-hybridized carbons (Fsp3) is 0.500. The van der Waals surface area contributed by atoms with Gasteiger partial charge in [-0.05, 0) is 0 Å². The Labute approximate surface area is 70.1 Å². The lowest BCUT2D eigenvalue weighted by atomic mass is 10.9. The standard InChI is InChI=1S/C2H4O2.3H3N.H2O4S/c1-2(3)4;;;;1-5(2,3)4/h1H3,(H,3,4);3*1H3;(H2,1,2,3,4). The van der Waals surface area contributed by atoms with E-state index in [9.17, 15) is 0 Å². The van der Waals surface area contributed by atoms with Gasteiger partial charge in [-0.3, -0.25) is 13.9 Å². The largest absolute Gasteiger partial charge is 0.481 e. The Kier molecular flexibility index (Phi) is 32.5. The molecule has 0 heterocycles. The highest BCUT2D eigenvalue weighted by Gasteiger charge is 1.84. The quantitative estimate of drug-likeness (QED) is 0.293. The summed E-state index contributed by atoms with van der Waals surface area (Å²) in [5.74, 6) is -0.833. The molecular weight excluding hydrogens is 194 g/mol. The molecule has 9 nitrogen and oxygen atoms in total. The van der Waals surface area contributed by atoms with E-state index in [1.165, 1.54) is 0 Å². The van der Waals surface area contributed by atoms with Crippen molar-refractivity contribution < 1.29 is 27.4 Å². The third kappa shape index (κ3) is 1020. The number of carbonyl (C=O) groups is 1.